The Kier molecular flexibility index (Phi) is 12.5. The van der Waals surface area contributed by atoms with Crippen molar-refractivity contribution in [1.82, 2.24) is 10.6 Å². The van der Waals surface area contributed by atoms with Crippen LogP contribution in [0.1, 0.15) is 72.1 Å². The smallest absolute Gasteiger partial charge is 0.242 e. The summed E-state index contributed by atoms with van der Waals surface area (Å²) >= 11 is 0. The summed E-state index contributed by atoms with van der Waals surface area (Å²) in [7, 11) is 0. The van der Waals surface area contributed by atoms with Crippen LogP contribution >= 0.6 is 24.0 Å². The Bertz CT molecular complexity index is 355. The van der Waals surface area contributed by atoms with E-state index in [9.17, 15) is 4.79 Å². The Morgan fingerprint density at radius 1 is 1.17 bits per heavy atom. The van der Waals surface area contributed by atoms with E-state index >= 15 is 0 Å². The van der Waals surface area contributed by atoms with Crippen molar-refractivity contribution in [3.05, 3.63) is 0 Å². The number of carbonyl (C=O) groups is 1. The van der Waals surface area contributed by atoms with Crippen LogP contribution in [0.4, 0.5) is 0 Å². The summed E-state index contributed by atoms with van der Waals surface area (Å²) < 4.78 is 0. The van der Waals surface area contributed by atoms with Crippen LogP contribution in [-0.2, 0) is 4.79 Å². The highest BCUT2D eigenvalue weighted by atomic mass is 127. The van der Waals surface area contributed by atoms with Crippen molar-refractivity contribution in [1.29, 1.82) is 0 Å². The minimum absolute atomic E-state index is 0. The van der Waals surface area contributed by atoms with E-state index in [4.69, 9.17) is 5.73 Å². The molecule has 1 unspecified atom stereocenters. The molecular weight excluding hydrogens is 403 g/mol. The van der Waals surface area contributed by atoms with Crippen molar-refractivity contribution in [3.8, 4) is 0 Å². The maximum absolute atomic E-state index is 11.8. The van der Waals surface area contributed by atoms with E-state index in [1.807, 2.05) is 0 Å². The SMILES string of the molecule is CC(C)CCCC(C)NC(N)=NCC(=O)NC1CCCCC1.I. The van der Waals surface area contributed by atoms with Crippen LogP contribution in [0.3, 0.4) is 0 Å². The molecular formula is C17H35IN4O. The van der Waals surface area contributed by atoms with Crippen molar-refractivity contribution in [2.75, 3.05) is 6.54 Å². The van der Waals surface area contributed by atoms with E-state index in [1.54, 1.807) is 0 Å². The Morgan fingerprint density at radius 3 is 2.43 bits per heavy atom. The Labute approximate surface area is 158 Å². The molecule has 0 aliphatic heterocycles. The largest absolute Gasteiger partial charge is 0.370 e. The van der Waals surface area contributed by atoms with Crippen LogP contribution in [0.2, 0.25) is 0 Å². The molecule has 136 valence electrons. The lowest BCUT2D eigenvalue weighted by Gasteiger charge is -2.22. The third-order valence-corrected chi connectivity index (χ3v) is 4.18. The molecule has 4 N–H and O–H groups in total. The summed E-state index contributed by atoms with van der Waals surface area (Å²) in [6, 6.07) is 0.629. The summed E-state index contributed by atoms with van der Waals surface area (Å²) in [4.78, 5) is 16.0. The number of nitrogens with zero attached hydrogens (tertiary/aromatic N) is 1. The number of carbonyl (C=O) groups excluding carboxylic acids is 1. The van der Waals surface area contributed by atoms with Gasteiger partial charge in [0.25, 0.3) is 0 Å². The highest BCUT2D eigenvalue weighted by molar-refractivity contribution is 14.0. The fourth-order valence-corrected chi connectivity index (χ4v) is 2.88. The first kappa shape index (κ1) is 22.5. The van der Waals surface area contributed by atoms with Gasteiger partial charge in [-0.15, -0.1) is 24.0 Å². The van der Waals surface area contributed by atoms with Crippen molar-refractivity contribution < 1.29 is 4.79 Å². The van der Waals surface area contributed by atoms with Crippen LogP contribution < -0.4 is 16.4 Å². The van der Waals surface area contributed by atoms with E-state index in [0.717, 1.165) is 25.2 Å². The zero-order chi connectivity index (χ0) is 16.4. The second kappa shape index (κ2) is 12.8. The third kappa shape index (κ3) is 11.6. The van der Waals surface area contributed by atoms with Gasteiger partial charge in [-0.25, -0.2) is 4.99 Å². The highest BCUT2D eigenvalue weighted by Gasteiger charge is 2.15. The van der Waals surface area contributed by atoms with Crippen LogP contribution in [0.25, 0.3) is 0 Å². The average Bonchev–Trinajstić information content (AvgIpc) is 2.46. The van der Waals surface area contributed by atoms with Crippen LogP contribution in [0.15, 0.2) is 4.99 Å². The third-order valence-electron chi connectivity index (χ3n) is 4.18. The van der Waals surface area contributed by atoms with Gasteiger partial charge in [0.15, 0.2) is 5.96 Å². The van der Waals surface area contributed by atoms with Crippen molar-refractivity contribution >= 4 is 35.8 Å². The number of halogens is 1. The van der Waals surface area contributed by atoms with Gasteiger partial charge in [-0.05, 0) is 32.1 Å². The van der Waals surface area contributed by atoms with Gasteiger partial charge in [0.2, 0.25) is 5.91 Å². The summed E-state index contributed by atoms with van der Waals surface area (Å²) in [6.45, 7) is 6.69. The molecule has 1 saturated carbocycles. The number of hydrogen-bond donors (Lipinski definition) is 3. The first-order chi connectivity index (χ1) is 10.5. The van der Waals surface area contributed by atoms with Gasteiger partial charge in [-0.3, -0.25) is 4.79 Å². The molecule has 1 aliphatic carbocycles. The first-order valence-corrected chi connectivity index (χ1v) is 8.83. The van der Waals surface area contributed by atoms with Crippen LogP contribution in [0.5, 0.6) is 0 Å². The first-order valence-electron chi connectivity index (χ1n) is 8.83. The average molecular weight is 438 g/mol. The number of rotatable bonds is 8. The Morgan fingerprint density at radius 2 is 1.83 bits per heavy atom. The number of amides is 1. The van der Waals surface area contributed by atoms with E-state index in [1.165, 1.54) is 32.1 Å². The lowest BCUT2D eigenvalue weighted by Crippen LogP contribution is -2.41. The Balaban J connectivity index is 0.00000484. The molecule has 1 atom stereocenters. The maximum atomic E-state index is 11.8. The number of guanidine groups is 1. The van der Waals surface area contributed by atoms with Gasteiger partial charge < -0.3 is 16.4 Å². The molecule has 6 heteroatoms. The molecule has 0 aromatic carbocycles. The van der Waals surface area contributed by atoms with Crippen molar-refractivity contribution in [2.45, 2.75) is 84.2 Å². The lowest BCUT2D eigenvalue weighted by molar-refractivity contribution is -0.120. The van der Waals surface area contributed by atoms with Crippen LogP contribution in [0, 0.1) is 5.92 Å². The van der Waals surface area contributed by atoms with E-state index < -0.39 is 0 Å². The quantitative estimate of drug-likeness (QED) is 0.310. The number of hydrogen-bond acceptors (Lipinski definition) is 2. The molecule has 23 heavy (non-hydrogen) atoms. The number of nitrogens with two attached hydrogens (primary N) is 1. The fraction of sp³-hybridized carbons (Fsp3) is 0.882. The van der Waals surface area contributed by atoms with Crippen molar-refractivity contribution in [2.24, 2.45) is 16.6 Å². The molecule has 0 radical (unpaired) electrons. The lowest BCUT2D eigenvalue weighted by atomic mass is 9.95. The molecule has 1 fully saturated rings. The minimum Gasteiger partial charge on any atom is -0.370 e. The summed E-state index contributed by atoms with van der Waals surface area (Å²) in [5, 5.41) is 6.21. The second-order valence-electron chi connectivity index (χ2n) is 6.97. The van der Waals surface area contributed by atoms with Gasteiger partial charge >= 0.3 is 0 Å². The van der Waals surface area contributed by atoms with Gasteiger partial charge in [-0.1, -0.05) is 46.0 Å². The summed E-state index contributed by atoms with van der Waals surface area (Å²) in [5.41, 5.74) is 5.85. The second-order valence-corrected chi connectivity index (χ2v) is 6.97. The predicted molar refractivity (Wildman–Crippen MR) is 108 cm³/mol. The molecule has 0 aromatic heterocycles. The van der Waals surface area contributed by atoms with Gasteiger partial charge in [-0.2, -0.15) is 0 Å². The summed E-state index contributed by atoms with van der Waals surface area (Å²) in [5.74, 6) is 1.08. The molecule has 0 aromatic rings. The number of aliphatic imine (C=N–C) groups is 1. The molecule has 0 bridgehead atoms. The molecule has 1 amide bonds. The molecule has 1 aliphatic rings. The molecule has 0 saturated heterocycles. The van der Waals surface area contributed by atoms with Crippen molar-refractivity contribution in [3.63, 3.8) is 0 Å². The molecule has 0 spiro atoms. The normalized spacial score (nSPS) is 17.5. The standard InChI is InChI=1S/C17H34N4O.HI/c1-13(2)8-7-9-14(3)20-17(18)19-12-16(22)21-15-10-5-4-6-11-15;/h13-15H,4-12H2,1-3H3,(H,21,22)(H3,18,19,20);1H. The van der Waals surface area contributed by atoms with Gasteiger partial charge in [0, 0.05) is 12.1 Å². The van der Waals surface area contributed by atoms with Gasteiger partial charge in [0.05, 0.1) is 0 Å². The van der Waals surface area contributed by atoms with E-state index in [-0.39, 0.29) is 36.4 Å². The Hall–Kier alpha value is -0.530. The highest BCUT2D eigenvalue weighted by Crippen LogP contribution is 2.17. The number of nitrogens with one attached hydrogen (secondary N) is 2. The predicted octanol–water partition coefficient (Wildman–Crippen LogP) is 3.17. The van der Waals surface area contributed by atoms with E-state index in [0.29, 0.717) is 18.0 Å². The fourth-order valence-electron chi connectivity index (χ4n) is 2.88. The molecule has 0 heterocycles. The molecule has 5 nitrogen and oxygen atoms in total. The van der Waals surface area contributed by atoms with E-state index in [2.05, 4.69) is 36.4 Å². The zero-order valence-electron chi connectivity index (χ0n) is 14.9. The summed E-state index contributed by atoms with van der Waals surface area (Å²) in [6.07, 6.45) is 9.39. The molecule has 1 rings (SSSR count). The minimum atomic E-state index is -0.0240. The van der Waals surface area contributed by atoms with Gasteiger partial charge in [0.1, 0.15) is 6.54 Å². The zero-order valence-corrected chi connectivity index (χ0v) is 17.3. The monoisotopic (exact) mass is 438 g/mol. The maximum Gasteiger partial charge on any atom is 0.242 e. The topological polar surface area (TPSA) is 79.5 Å². The van der Waals surface area contributed by atoms with Crippen LogP contribution in [-0.4, -0.2) is 30.5 Å².